The molecule has 10 nitrogen and oxygen atoms in total. The topological polar surface area (TPSA) is 154 Å². The molecule has 37 heavy (non-hydrogen) atoms. The van der Waals surface area contributed by atoms with Crippen LogP contribution in [0.2, 0.25) is 0 Å². The summed E-state index contributed by atoms with van der Waals surface area (Å²) in [5.74, 6) is -1.69. The zero-order valence-corrected chi connectivity index (χ0v) is 21.0. The summed E-state index contributed by atoms with van der Waals surface area (Å²) in [5, 5.41) is 21.5. The molecule has 3 rings (SSSR count). The summed E-state index contributed by atoms with van der Waals surface area (Å²) in [5.41, 5.74) is 0.785. The van der Waals surface area contributed by atoms with Crippen molar-refractivity contribution in [2.45, 2.75) is 57.7 Å². The predicted molar refractivity (Wildman–Crippen MR) is 138 cm³/mol. The van der Waals surface area contributed by atoms with E-state index in [0.29, 0.717) is 19.3 Å². The first kappa shape index (κ1) is 27.6. The molecule has 0 radical (unpaired) electrons. The van der Waals surface area contributed by atoms with E-state index in [0.717, 1.165) is 16.3 Å². The lowest BCUT2D eigenvalue weighted by atomic mass is 9.97. The van der Waals surface area contributed by atoms with Crippen molar-refractivity contribution in [3.05, 3.63) is 48.0 Å². The first-order valence-electron chi connectivity index (χ1n) is 12.5. The summed E-state index contributed by atoms with van der Waals surface area (Å²) in [6.45, 7) is 4.30. The summed E-state index contributed by atoms with van der Waals surface area (Å²) in [4.78, 5) is 61.4. The van der Waals surface area contributed by atoms with Gasteiger partial charge < -0.3 is 31.2 Å². The smallest absolute Gasteiger partial charge is 0.405 e. The van der Waals surface area contributed by atoms with E-state index >= 15 is 0 Å². The van der Waals surface area contributed by atoms with Crippen LogP contribution in [0, 0.1) is 11.8 Å². The van der Waals surface area contributed by atoms with Crippen molar-refractivity contribution in [2.75, 3.05) is 6.54 Å². The average Bonchev–Trinajstić information content (AvgIpc) is 3.26. The van der Waals surface area contributed by atoms with Crippen LogP contribution in [-0.2, 0) is 25.6 Å². The minimum Gasteiger partial charge on any atom is -0.465 e. The lowest BCUT2D eigenvalue weighted by Gasteiger charge is -2.25. The van der Waals surface area contributed by atoms with Gasteiger partial charge in [0.2, 0.25) is 17.7 Å². The molecular formula is C27H34N4O6. The quantitative estimate of drug-likeness (QED) is 0.274. The Kier molecular flexibility index (Phi) is 9.59. The number of aldehydes is 1. The van der Waals surface area contributed by atoms with Gasteiger partial charge in [-0.15, -0.1) is 0 Å². The maximum atomic E-state index is 13.3. The Balaban J connectivity index is 1.74. The number of fused-ring (bicyclic) bond motifs is 1. The maximum Gasteiger partial charge on any atom is 0.405 e. The van der Waals surface area contributed by atoms with E-state index in [-0.39, 0.29) is 37.0 Å². The second-order valence-corrected chi connectivity index (χ2v) is 9.80. The molecule has 2 aromatic carbocycles. The van der Waals surface area contributed by atoms with Crippen molar-refractivity contribution in [2.24, 2.45) is 11.8 Å². The summed E-state index contributed by atoms with van der Waals surface area (Å²) >= 11 is 0. The molecule has 1 saturated heterocycles. The van der Waals surface area contributed by atoms with E-state index in [9.17, 15) is 29.1 Å². The Morgan fingerprint density at radius 1 is 1.03 bits per heavy atom. The van der Waals surface area contributed by atoms with Crippen molar-refractivity contribution >= 4 is 40.9 Å². The van der Waals surface area contributed by atoms with Gasteiger partial charge in [-0.1, -0.05) is 56.3 Å². The molecule has 1 aliphatic rings. The lowest BCUT2D eigenvalue weighted by molar-refractivity contribution is -0.131. The molecule has 0 bridgehead atoms. The predicted octanol–water partition coefficient (Wildman–Crippen LogP) is 1.76. The van der Waals surface area contributed by atoms with Crippen LogP contribution in [0.4, 0.5) is 4.79 Å². The summed E-state index contributed by atoms with van der Waals surface area (Å²) in [6.07, 6.45) is 0.355. The van der Waals surface area contributed by atoms with Crippen molar-refractivity contribution in [1.82, 2.24) is 21.3 Å². The van der Waals surface area contributed by atoms with Crippen LogP contribution < -0.4 is 21.3 Å². The fourth-order valence-electron chi connectivity index (χ4n) is 4.63. The standard InChI is InChI=1S/C27H34N4O6/c1-16(2)12-22(25(34)29-20(15-32)13-19-10-11-28-24(19)33)30-26(35)23(31-27(36)37)14-18-8-5-7-17-6-3-4-9-21(17)18/h3-9,15-16,19-20,22-23,31H,10-14H2,1-2H3,(H,28,33)(H,29,34)(H,30,35)(H,36,37). The molecule has 0 aliphatic carbocycles. The van der Waals surface area contributed by atoms with Gasteiger partial charge in [0.25, 0.3) is 0 Å². The van der Waals surface area contributed by atoms with E-state index in [1.54, 1.807) is 0 Å². The van der Waals surface area contributed by atoms with Crippen LogP contribution in [0.15, 0.2) is 42.5 Å². The molecule has 198 valence electrons. The molecule has 2 aromatic rings. The zero-order chi connectivity index (χ0) is 26.9. The number of rotatable bonds is 12. The average molecular weight is 511 g/mol. The van der Waals surface area contributed by atoms with Gasteiger partial charge in [-0.25, -0.2) is 4.79 Å². The van der Waals surface area contributed by atoms with Gasteiger partial charge in [-0.05, 0) is 41.5 Å². The number of carbonyl (C=O) groups excluding carboxylic acids is 4. The maximum absolute atomic E-state index is 13.3. The Morgan fingerprint density at radius 3 is 2.38 bits per heavy atom. The van der Waals surface area contributed by atoms with Gasteiger partial charge in [-0.3, -0.25) is 14.4 Å². The molecular weight excluding hydrogens is 476 g/mol. The SMILES string of the molecule is CC(C)CC(NC(=O)C(Cc1cccc2ccccc12)NC(=O)O)C(=O)NC(C=O)CC1CCNC1=O. The number of hydrogen-bond donors (Lipinski definition) is 5. The first-order chi connectivity index (χ1) is 17.7. The third-order valence-electron chi connectivity index (χ3n) is 6.45. The van der Waals surface area contributed by atoms with Crippen LogP contribution in [0.5, 0.6) is 0 Å². The molecule has 4 amide bonds. The number of nitrogens with one attached hydrogen (secondary N) is 4. The van der Waals surface area contributed by atoms with Gasteiger partial charge in [-0.2, -0.15) is 0 Å². The second kappa shape index (κ2) is 12.8. The van der Waals surface area contributed by atoms with E-state index in [2.05, 4.69) is 21.3 Å². The number of hydrogen-bond acceptors (Lipinski definition) is 5. The Hall–Kier alpha value is -3.95. The van der Waals surface area contributed by atoms with E-state index in [4.69, 9.17) is 0 Å². The molecule has 0 aromatic heterocycles. The highest BCUT2D eigenvalue weighted by Gasteiger charge is 2.31. The number of amides is 4. The van der Waals surface area contributed by atoms with Gasteiger partial charge >= 0.3 is 6.09 Å². The van der Waals surface area contributed by atoms with Crippen molar-refractivity contribution in [3.8, 4) is 0 Å². The third-order valence-corrected chi connectivity index (χ3v) is 6.45. The fraction of sp³-hybridized carbons (Fsp3) is 0.444. The van der Waals surface area contributed by atoms with Gasteiger partial charge in [0, 0.05) is 18.9 Å². The first-order valence-corrected chi connectivity index (χ1v) is 12.5. The molecule has 1 heterocycles. The lowest BCUT2D eigenvalue weighted by Crippen LogP contribution is -2.56. The highest BCUT2D eigenvalue weighted by molar-refractivity contribution is 5.93. The molecule has 0 spiro atoms. The second-order valence-electron chi connectivity index (χ2n) is 9.80. The monoisotopic (exact) mass is 510 g/mol. The van der Waals surface area contributed by atoms with Crippen molar-refractivity contribution < 1.29 is 29.1 Å². The van der Waals surface area contributed by atoms with Crippen molar-refractivity contribution in [3.63, 3.8) is 0 Å². The highest BCUT2D eigenvalue weighted by Crippen LogP contribution is 2.20. The molecule has 10 heteroatoms. The molecule has 1 fully saturated rings. The van der Waals surface area contributed by atoms with Crippen LogP contribution in [0.25, 0.3) is 10.8 Å². The molecule has 1 aliphatic heterocycles. The van der Waals surface area contributed by atoms with Crippen LogP contribution >= 0.6 is 0 Å². The summed E-state index contributed by atoms with van der Waals surface area (Å²) < 4.78 is 0. The summed E-state index contributed by atoms with van der Waals surface area (Å²) in [6, 6.07) is 10.2. The molecule has 5 N–H and O–H groups in total. The highest BCUT2D eigenvalue weighted by atomic mass is 16.4. The van der Waals surface area contributed by atoms with Gasteiger partial charge in [0.15, 0.2) is 0 Å². The Morgan fingerprint density at radius 2 is 1.73 bits per heavy atom. The summed E-state index contributed by atoms with van der Waals surface area (Å²) in [7, 11) is 0. The molecule has 4 unspecified atom stereocenters. The largest absolute Gasteiger partial charge is 0.465 e. The third kappa shape index (κ3) is 7.77. The number of carboxylic acid groups (broad SMARTS) is 1. The number of benzene rings is 2. The van der Waals surface area contributed by atoms with Gasteiger partial charge in [0.05, 0.1) is 6.04 Å². The fourth-order valence-corrected chi connectivity index (χ4v) is 4.63. The van der Waals surface area contributed by atoms with Crippen LogP contribution in [-0.4, -0.2) is 59.9 Å². The van der Waals surface area contributed by atoms with Crippen LogP contribution in [0.3, 0.4) is 0 Å². The number of carbonyl (C=O) groups is 5. The van der Waals surface area contributed by atoms with Gasteiger partial charge in [0.1, 0.15) is 18.4 Å². The molecule has 4 atom stereocenters. The molecule has 0 saturated carbocycles. The zero-order valence-electron chi connectivity index (χ0n) is 21.0. The van der Waals surface area contributed by atoms with E-state index in [1.807, 2.05) is 56.3 Å². The van der Waals surface area contributed by atoms with E-state index in [1.165, 1.54) is 0 Å². The van der Waals surface area contributed by atoms with Crippen LogP contribution in [0.1, 0.15) is 38.7 Å². The minimum absolute atomic E-state index is 0.0234. The van der Waals surface area contributed by atoms with Crippen molar-refractivity contribution in [1.29, 1.82) is 0 Å². The Labute approximate surface area is 215 Å². The van der Waals surface area contributed by atoms with E-state index < -0.39 is 36.0 Å². The minimum atomic E-state index is -1.36. The Bertz CT molecular complexity index is 1150. The normalized spacial score (nSPS) is 17.5.